The molecule has 0 bridgehead atoms. The van der Waals surface area contributed by atoms with Gasteiger partial charge in [0.2, 0.25) is 0 Å². The highest BCUT2D eigenvalue weighted by atomic mass is 32.1. The molecule has 0 saturated carbocycles. The van der Waals surface area contributed by atoms with E-state index < -0.39 is 11.6 Å². The molecule has 24 heavy (non-hydrogen) atoms. The van der Waals surface area contributed by atoms with E-state index in [9.17, 15) is 14.6 Å². The molecular weight excluding hydrogens is 327 g/mol. The summed E-state index contributed by atoms with van der Waals surface area (Å²) in [5.41, 5.74) is 2.61. The molecule has 2 aromatic heterocycles. The maximum Gasteiger partial charge on any atom is 0.165 e. The van der Waals surface area contributed by atoms with Gasteiger partial charge >= 0.3 is 0 Å². The maximum absolute atomic E-state index is 13.7. The number of nitrogens with zero attached hydrogens (tertiary/aromatic N) is 2. The monoisotopic (exact) mass is 338 g/mol. The number of hydrogen-bond acceptors (Lipinski definition) is 5. The summed E-state index contributed by atoms with van der Waals surface area (Å²) in [4.78, 5) is 8.87. The number of hydrogen-bond donors (Lipinski definition) is 2. The second kappa shape index (κ2) is 5.58. The van der Waals surface area contributed by atoms with Crippen LogP contribution in [0.25, 0.3) is 32.7 Å². The number of pyridine rings is 1. The first kappa shape index (κ1) is 14.6. The van der Waals surface area contributed by atoms with Crippen molar-refractivity contribution in [3.05, 3.63) is 59.9 Å². The zero-order valence-corrected chi connectivity index (χ0v) is 13.1. The predicted molar refractivity (Wildman–Crippen MR) is 91.6 cm³/mol. The molecular formula is C18H11FN2O2S. The van der Waals surface area contributed by atoms with Crippen LogP contribution >= 0.6 is 11.3 Å². The van der Waals surface area contributed by atoms with Crippen molar-refractivity contribution in [2.24, 2.45) is 0 Å². The normalized spacial score (nSPS) is 11.0. The molecule has 2 aromatic carbocycles. The van der Waals surface area contributed by atoms with Gasteiger partial charge in [-0.1, -0.05) is 0 Å². The zero-order valence-electron chi connectivity index (χ0n) is 12.3. The molecule has 0 aliphatic carbocycles. The van der Waals surface area contributed by atoms with Crippen molar-refractivity contribution in [2.45, 2.75) is 0 Å². The van der Waals surface area contributed by atoms with Crippen molar-refractivity contribution in [2.75, 3.05) is 0 Å². The molecule has 0 radical (unpaired) electrons. The summed E-state index contributed by atoms with van der Waals surface area (Å²) >= 11 is 1.47. The first-order valence-electron chi connectivity index (χ1n) is 7.14. The molecule has 6 heteroatoms. The third kappa shape index (κ3) is 2.47. The second-order valence-corrected chi connectivity index (χ2v) is 6.15. The summed E-state index contributed by atoms with van der Waals surface area (Å²) in [7, 11) is 0. The minimum absolute atomic E-state index is 0.144. The minimum atomic E-state index is -0.698. The molecule has 0 spiro atoms. The Labute approximate surface area is 140 Å². The summed E-state index contributed by atoms with van der Waals surface area (Å²) in [5, 5.41) is 22.6. The van der Waals surface area contributed by atoms with Crippen LogP contribution in [0.4, 0.5) is 4.39 Å². The van der Waals surface area contributed by atoms with Crippen LogP contribution in [0.1, 0.15) is 0 Å². The molecule has 0 fully saturated rings. The van der Waals surface area contributed by atoms with Crippen molar-refractivity contribution < 1.29 is 14.6 Å². The quantitative estimate of drug-likeness (QED) is 0.562. The predicted octanol–water partition coefficient (Wildman–Crippen LogP) is 4.58. The number of aromatic nitrogens is 2. The largest absolute Gasteiger partial charge is 0.508 e. The Morgan fingerprint density at radius 3 is 2.62 bits per heavy atom. The van der Waals surface area contributed by atoms with Gasteiger partial charge < -0.3 is 10.2 Å². The van der Waals surface area contributed by atoms with Gasteiger partial charge in [0.05, 0.1) is 11.2 Å². The van der Waals surface area contributed by atoms with E-state index in [1.54, 1.807) is 30.5 Å². The first-order valence-corrected chi connectivity index (χ1v) is 8.02. The van der Waals surface area contributed by atoms with E-state index in [4.69, 9.17) is 0 Å². The molecule has 4 aromatic rings. The molecule has 2 heterocycles. The van der Waals surface area contributed by atoms with Gasteiger partial charge in [-0.15, -0.1) is 11.3 Å². The minimum Gasteiger partial charge on any atom is -0.508 e. The topological polar surface area (TPSA) is 66.2 Å². The fourth-order valence-corrected chi connectivity index (χ4v) is 3.23. The Bertz CT molecular complexity index is 1050. The Morgan fingerprint density at radius 2 is 1.88 bits per heavy atom. The van der Waals surface area contributed by atoms with Gasteiger partial charge in [0.15, 0.2) is 11.6 Å². The molecule has 4 nitrogen and oxygen atoms in total. The van der Waals surface area contributed by atoms with Crippen LogP contribution in [0.3, 0.4) is 0 Å². The molecule has 2 N–H and O–H groups in total. The van der Waals surface area contributed by atoms with E-state index in [1.807, 2.05) is 11.4 Å². The molecule has 0 unspecified atom stereocenters. The van der Waals surface area contributed by atoms with Gasteiger partial charge in [0, 0.05) is 28.1 Å². The van der Waals surface area contributed by atoms with Crippen LogP contribution in [-0.4, -0.2) is 20.2 Å². The average Bonchev–Trinajstić information content (AvgIpc) is 3.11. The van der Waals surface area contributed by atoms with Crippen LogP contribution < -0.4 is 0 Å². The lowest BCUT2D eigenvalue weighted by molar-refractivity contribution is 0.432. The van der Waals surface area contributed by atoms with Crippen molar-refractivity contribution in [3.63, 3.8) is 0 Å². The molecule has 0 aliphatic heterocycles. The van der Waals surface area contributed by atoms with Gasteiger partial charge in [-0.3, -0.25) is 0 Å². The number of phenolic OH excluding ortho intramolecular Hbond substituents is 2. The van der Waals surface area contributed by atoms with E-state index in [-0.39, 0.29) is 5.75 Å². The number of phenols is 2. The lowest BCUT2D eigenvalue weighted by Gasteiger charge is -2.09. The van der Waals surface area contributed by atoms with Crippen LogP contribution in [0, 0.1) is 5.82 Å². The standard InChI is InChI=1S/C18H11FN2O2S/c19-14-7-10(1-4-17(14)23)16-9-13(18-20-5-6-24-18)12-8-11(22)2-3-15(12)21-16/h1-9,22-23H. The summed E-state index contributed by atoms with van der Waals surface area (Å²) in [5.74, 6) is -0.953. The molecule has 0 amide bonds. The van der Waals surface area contributed by atoms with E-state index in [0.29, 0.717) is 16.8 Å². The summed E-state index contributed by atoms with van der Waals surface area (Å²) in [6.45, 7) is 0. The van der Waals surface area contributed by atoms with Crippen LogP contribution in [-0.2, 0) is 0 Å². The van der Waals surface area contributed by atoms with Crippen molar-refractivity contribution in [1.29, 1.82) is 0 Å². The molecule has 118 valence electrons. The van der Waals surface area contributed by atoms with Crippen LogP contribution in [0.2, 0.25) is 0 Å². The maximum atomic E-state index is 13.7. The lowest BCUT2D eigenvalue weighted by Crippen LogP contribution is -1.90. The third-order valence-corrected chi connectivity index (χ3v) is 4.50. The second-order valence-electron chi connectivity index (χ2n) is 5.26. The highest BCUT2D eigenvalue weighted by Crippen LogP contribution is 2.35. The van der Waals surface area contributed by atoms with Gasteiger partial charge in [0.1, 0.15) is 10.8 Å². The number of aromatic hydroxyl groups is 2. The molecule has 0 saturated heterocycles. The molecule has 0 atom stereocenters. The average molecular weight is 338 g/mol. The third-order valence-electron chi connectivity index (χ3n) is 3.70. The molecule has 4 rings (SSSR count). The SMILES string of the molecule is Oc1ccc2nc(-c3ccc(O)c(F)c3)cc(-c3nccs3)c2c1. The van der Waals surface area contributed by atoms with Gasteiger partial charge in [0.25, 0.3) is 0 Å². The van der Waals surface area contributed by atoms with Crippen molar-refractivity contribution in [3.8, 4) is 33.3 Å². The Kier molecular flexibility index (Phi) is 3.39. The summed E-state index contributed by atoms with van der Waals surface area (Å²) < 4.78 is 13.7. The number of fused-ring (bicyclic) bond motifs is 1. The zero-order chi connectivity index (χ0) is 16.7. The highest BCUT2D eigenvalue weighted by molar-refractivity contribution is 7.13. The smallest absolute Gasteiger partial charge is 0.165 e. The van der Waals surface area contributed by atoms with Crippen LogP contribution in [0.15, 0.2) is 54.0 Å². The van der Waals surface area contributed by atoms with Gasteiger partial charge in [-0.05, 0) is 42.5 Å². The fraction of sp³-hybridized carbons (Fsp3) is 0. The number of benzene rings is 2. The van der Waals surface area contributed by atoms with Crippen molar-refractivity contribution in [1.82, 2.24) is 9.97 Å². The fourth-order valence-electron chi connectivity index (χ4n) is 2.56. The van der Waals surface area contributed by atoms with E-state index in [0.717, 1.165) is 16.0 Å². The van der Waals surface area contributed by atoms with E-state index >= 15 is 0 Å². The Morgan fingerprint density at radius 1 is 1.00 bits per heavy atom. The summed E-state index contributed by atoms with van der Waals surface area (Å²) in [6.07, 6.45) is 1.70. The summed E-state index contributed by atoms with van der Waals surface area (Å²) in [6, 6.07) is 10.9. The van der Waals surface area contributed by atoms with E-state index in [1.165, 1.54) is 23.5 Å². The Balaban J connectivity index is 2.01. The van der Waals surface area contributed by atoms with Gasteiger partial charge in [-0.2, -0.15) is 0 Å². The molecule has 0 aliphatic rings. The van der Waals surface area contributed by atoms with Crippen LogP contribution in [0.5, 0.6) is 11.5 Å². The van der Waals surface area contributed by atoms with Gasteiger partial charge in [-0.25, -0.2) is 14.4 Å². The van der Waals surface area contributed by atoms with E-state index in [2.05, 4.69) is 9.97 Å². The van der Waals surface area contributed by atoms with Crippen molar-refractivity contribution >= 4 is 22.2 Å². The first-order chi connectivity index (χ1) is 11.6. The number of halogens is 1. The highest BCUT2D eigenvalue weighted by Gasteiger charge is 2.13. The number of rotatable bonds is 2. The Hall–Kier alpha value is -2.99. The lowest BCUT2D eigenvalue weighted by atomic mass is 10.0. The number of thiazole rings is 1.